The van der Waals surface area contributed by atoms with Crippen molar-refractivity contribution in [3.63, 3.8) is 0 Å². The van der Waals surface area contributed by atoms with E-state index in [9.17, 15) is 4.79 Å². The Bertz CT molecular complexity index is 198. The van der Waals surface area contributed by atoms with Crippen molar-refractivity contribution in [3.05, 3.63) is 22.6 Å². The zero-order valence-electron chi connectivity index (χ0n) is 3.59. The third kappa shape index (κ3) is 0.489. The van der Waals surface area contributed by atoms with Crippen molar-refractivity contribution in [2.45, 2.75) is 0 Å². The molecular formula is C3H5N3O. The summed E-state index contributed by atoms with van der Waals surface area (Å²) in [5.41, 5.74) is -0.222. The number of aromatic amines is 1. The first-order valence-corrected chi connectivity index (χ1v) is 1.82. The molecule has 1 aromatic rings. The lowest BCUT2D eigenvalue weighted by Gasteiger charge is -1.81. The van der Waals surface area contributed by atoms with Crippen LogP contribution in [0, 0.1) is 0 Å². The molecule has 0 spiro atoms. The summed E-state index contributed by atoms with van der Waals surface area (Å²) in [6.07, 6.45) is 1.47. The molecule has 0 bridgehead atoms. The number of nitrogens with zero attached hydrogens (tertiary/aromatic N) is 1. The predicted molar refractivity (Wildman–Crippen MR) is 25.2 cm³/mol. The molecule has 0 fully saturated rings. The van der Waals surface area contributed by atoms with E-state index in [-0.39, 0.29) is 5.56 Å². The number of hydrogen-bond acceptors (Lipinski definition) is 2. The smallest absolute Gasteiger partial charge is 0.285 e. The van der Waals surface area contributed by atoms with E-state index in [1.165, 1.54) is 12.3 Å². The molecular weight excluding hydrogens is 94.1 g/mol. The van der Waals surface area contributed by atoms with Gasteiger partial charge in [0, 0.05) is 12.3 Å². The summed E-state index contributed by atoms with van der Waals surface area (Å²) < 4.78 is 0. The van der Waals surface area contributed by atoms with Crippen LogP contribution in [0.2, 0.25) is 0 Å². The van der Waals surface area contributed by atoms with Crippen molar-refractivity contribution in [3.8, 4) is 0 Å². The van der Waals surface area contributed by atoms with Crippen LogP contribution in [0.15, 0.2) is 17.1 Å². The highest BCUT2D eigenvalue weighted by Gasteiger charge is 1.81. The molecule has 0 radical (unpaired) electrons. The molecule has 38 valence electrons. The average molecular weight is 99.1 g/mol. The summed E-state index contributed by atoms with van der Waals surface area (Å²) >= 11 is 0. The number of rotatable bonds is 0. The number of aromatic nitrogens is 2. The monoisotopic (exact) mass is 99.0 g/mol. The predicted octanol–water partition coefficient (Wildman–Crippen LogP) is -1.11. The van der Waals surface area contributed by atoms with Gasteiger partial charge in [0.25, 0.3) is 5.56 Å². The van der Waals surface area contributed by atoms with Crippen LogP contribution in [0.5, 0.6) is 0 Å². The van der Waals surface area contributed by atoms with Gasteiger partial charge in [0.15, 0.2) is 0 Å². The SMILES string of the molecule is Nn1[nH]ccc1=O. The highest BCUT2D eigenvalue weighted by atomic mass is 16.1. The van der Waals surface area contributed by atoms with Gasteiger partial charge in [-0.15, -0.1) is 0 Å². The lowest BCUT2D eigenvalue weighted by molar-refractivity contribution is 0.802. The Kier molecular flexibility index (Phi) is 0.651. The number of H-pyrrole nitrogens is 1. The number of nitrogens with two attached hydrogens (primary N) is 1. The molecule has 1 rings (SSSR count). The molecule has 1 aromatic heterocycles. The average Bonchev–Trinajstić information content (AvgIpc) is 1.91. The lowest BCUT2D eigenvalue weighted by atomic mass is 10.7. The summed E-state index contributed by atoms with van der Waals surface area (Å²) in [5, 5.41) is 2.45. The van der Waals surface area contributed by atoms with E-state index >= 15 is 0 Å². The Morgan fingerprint density at radius 2 is 2.57 bits per heavy atom. The first-order valence-electron chi connectivity index (χ1n) is 1.82. The van der Waals surface area contributed by atoms with Crippen molar-refractivity contribution in [1.29, 1.82) is 0 Å². The highest BCUT2D eigenvalue weighted by Crippen LogP contribution is 1.59. The maximum Gasteiger partial charge on any atom is 0.285 e. The van der Waals surface area contributed by atoms with Crippen LogP contribution in [-0.2, 0) is 0 Å². The maximum absolute atomic E-state index is 10.2. The van der Waals surface area contributed by atoms with Gasteiger partial charge in [-0.1, -0.05) is 0 Å². The fourth-order valence-electron chi connectivity index (χ4n) is 0.333. The summed E-state index contributed by atoms with van der Waals surface area (Å²) in [6, 6.07) is 1.35. The Morgan fingerprint density at radius 3 is 2.71 bits per heavy atom. The van der Waals surface area contributed by atoms with Gasteiger partial charge in [0.05, 0.1) is 0 Å². The molecule has 0 aliphatic rings. The maximum atomic E-state index is 10.2. The molecule has 7 heavy (non-hydrogen) atoms. The van der Waals surface area contributed by atoms with Gasteiger partial charge in [0.1, 0.15) is 0 Å². The van der Waals surface area contributed by atoms with Crippen LogP contribution in [0.3, 0.4) is 0 Å². The fraction of sp³-hybridized carbons (Fsp3) is 0. The molecule has 0 aromatic carbocycles. The molecule has 3 N–H and O–H groups in total. The quantitative estimate of drug-likeness (QED) is 0.405. The van der Waals surface area contributed by atoms with Gasteiger partial charge in [-0.25, -0.2) is 0 Å². The van der Waals surface area contributed by atoms with Gasteiger partial charge in [-0.2, -0.15) is 4.79 Å². The van der Waals surface area contributed by atoms with Crippen molar-refractivity contribution in [2.75, 3.05) is 5.84 Å². The summed E-state index contributed by atoms with van der Waals surface area (Å²) in [4.78, 5) is 11.1. The van der Waals surface area contributed by atoms with Gasteiger partial charge < -0.3 is 5.84 Å². The topological polar surface area (TPSA) is 63.8 Å². The molecule has 0 unspecified atom stereocenters. The molecule has 0 aliphatic heterocycles. The molecule has 0 amide bonds. The lowest BCUT2D eigenvalue weighted by Crippen LogP contribution is -2.23. The minimum absolute atomic E-state index is 0.222. The third-order valence-electron chi connectivity index (χ3n) is 0.677. The van der Waals surface area contributed by atoms with Crippen LogP contribution in [0.1, 0.15) is 0 Å². The Morgan fingerprint density at radius 1 is 1.86 bits per heavy atom. The van der Waals surface area contributed by atoms with Crippen molar-refractivity contribution in [1.82, 2.24) is 9.89 Å². The van der Waals surface area contributed by atoms with Gasteiger partial charge >= 0.3 is 0 Å². The molecule has 0 saturated carbocycles. The van der Waals surface area contributed by atoms with Crippen LogP contribution < -0.4 is 11.4 Å². The minimum atomic E-state index is -0.222. The largest absolute Gasteiger partial charge is 0.321 e. The van der Waals surface area contributed by atoms with E-state index < -0.39 is 0 Å². The number of hydrogen-bond donors (Lipinski definition) is 2. The van der Waals surface area contributed by atoms with E-state index in [0.717, 1.165) is 4.79 Å². The second-order valence-corrected chi connectivity index (χ2v) is 1.17. The first kappa shape index (κ1) is 3.98. The van der Waals surface area contributed by atoms with Crippen molar-refractivity contribution in [2.24, 2.45) is 0 Å². The normalized spacial score (nSPS) is 9.14. The molecule has 4 heteroatoms. The second kappa shape index (κ2) is 1.14. The van der Waals surface area contributed by atoms with Crippen LogP contribution >= 0.6 is 0 Å². The molecule has 1 heterocycles. The van der Waals surface area contributed by atoms with Crippen molar-refractivity contribution >= 4 is 0 Å². The van der Waals surface area contributed by atoms with Crippen LogP contribution in [0.25, 0.3) is 0 Å². The Hall–Kier alpha value is -1.19. The van der Waals surface area contributed by atoms with Gasteiger partial charge in [0.2, 0.25) is 0 Å². The zero-order chi connectivity index (χ0) is 5.28. The molecule has 0 aliphatic carbocycles. The van der Waals surface area contributed by atoms with E-state index in [0.29, 0.717) is 0 Å². The first-order chi connectivity index (χ1) is 3.30. The van der Waals surface area contributed by atoms with Gasteiger partial charge in [-0.05, 0) is 0 Å². The van der Waals surface area contributed by atoms with E-state index in [1.54, 1.807) is 0 Å². The Balaban J connectivity index is 3.39. The van der Waals surface area contributed by atoms with E-state index in [4.69, 9.17) is 5.84 Å². The van der Waals surface area contributed by atoms with Crippen molar-refractivity contribution < 1.29 is 0 Å². The van der Waals surface area contributed by atoms with E-state index in [1.807, 2.05) is 0 Å². The van der Waals surface area contributed by atoms with Crippen LogP contribution in [0.4, 0.5) is 0 Å². The number of nitrogens with one attached hydrogen (secondary N) is 1. The third-order valence-corrected chi connectivity index (χ3v) is 0.677. The highest BCUT2D eigenvalue weighted by molar-refractivity contribution is 4.78. The number of nitrogen functional groups attached to an aromatic ring is 1. The molecule has 4 nitrogen and oxygen atoms in total. The molecule has 0 atom stereocenters. The minimum Gasteiger partial charge on any atom is -0.321 e. The summed E-state index contributed by atoms with van der Waals surface area (Å²) in [7, 11) is 0. The fourth-order valence-corrected chi connectivity index (χ4v) is 0.333. The zero-order valence-corrected chi connectivity index (χ0v) is 3.59. The summed E-state index contributed by atoms with van der Waals surface area (Å²) in [5.74, 6) is 4.99. The standard InChI is InChI=1S/C3H5N3O/c4-6-3(7)1-2-5-6/h1-2,5H,4H2. The summed E-state index contributed by atoms with van der Waals surface area (Å²) in [6.45, 7) is 0. The van der Waals surface area contributed by atoms with E-state index in [2.05, 4.69) is 5.10 Å². The second-order valence-electron chi connectivity index (χ2n) is 1.17. The Labute approximate surface area is 39.5 Å². The molecule has 0 saturated heterocycles. The van der Waals surface area contributed by atoms with Crippen LogP contribution in [-0.4, -0.2) is 9.89 Å². The van der Waals surface area contributed by atoms with Gasteiger partial charge in [-0.3, -0.25) is 9.89 Å².